The fourth-order valence-electron chi connectivity index (χ4n) is 3.52. The molecule has 2 heterocycles. The van der Waals surface area contributed by atoms with Gasteiger partial charge in [-0.1, -0.05) is 31.2 Å². The lowest BCUT2D eigenvalue weighted by molar-refractivity contribution is -0.132. The van der Waals surface area contributed by atoms with Gasteiger partial charge in [-0.25, -0.2) is 8.78 Å². The Labute approximate surface area is 170 Å². The van der Waals surface area contributed by atoms with Crippen molar-refractivity contribution in [2.24, 2.45) is 0 Å². The van der Waals surface area contributed by atoms with Gasteiger partial charge in [0, 0.05) is 11.6 Å². The Morgan fingerprint density at radius 3 is 2.47 bits per heavy atom. The number of halogens is 2. The molecule has 152 valence electrons. The third-order valence-electron chi connectivity index (χ3n) is 5.06. The number of benzene rings is 2. The zero-order chi connectivity index (χ0) is 21.4. The van der Waals surface area contributed by atoms with Gasteiger partial charge in [-0.3, -0.25) is 14.5 Å². The molecule has 1 aliphatic rings. The summed E-state index contributed by atoms with van der Waals surface area (Å²) in [4.78, 5) is 26.5. The second-order valence-corrected chi connectivity index (χ2v) is 6.83. The van der Waals surface area contributed by atoms with Crippen LogP contribution in [0.25, 0.3) is 5.76 Å². The highest BCUT2D eigenvalue weighted by atomic mass is 19.1. The van der Waals surface area contributed by atoms with Crippen molar-refractivity contribution < 1.29 is 27.9 Å². The topological polar surface area (TPSA) is 70.8 Å². The van der Waals surface area contributed by atoms with E-state index in [1.54, 1.807) is 24.3 Å². The minimum atomic E-state index is -1.25. The van der Waals surface area contributed by atoms with E-state index in [-0.39, 0.29) is 11.3 Å². The summed E-state index contributed by atoms with van der Waals surface area (Å²) >= 11 is 0. The number of amides is 1. The van der Waals surface area contributed by atoms with E-state index >= 15 is 0 Å². The molecule has 7 heteroatoms. The van der Waals surface area contributed by atoms with E-state index in [4.69, 9.17) is 4.42 Å². The minimum absolute atomic E-state index is 0.129. The molecule has 1 unspecified atom stereocenters. The fourth-order valence-corrected chi connectivity index (χ4v) is 3.52. The Morgan fingerprint density at radius 1 is 1.10 bits per heavy atom. The molecule has 0 aliphatic carbocycles. The van der Waals surface area contributed by atoms with Crippen LogP contribution in [0.15, 0.2) is 70.9 Å². The van der Waals surface area contributed by atoms with E-state index in [1.165, 1.54) is 18.4 Å². The van der Waals surface area contributed by atoms with Crippen LogP contribution in [0.4, 0.5) is 14.5 Å². The number of anilines is 1. The standard InChI is InChI=1S/C23H17F2NO4/c1-2-13-5-7-14(8-6-13)21(27)19-20(18-4-3-11-30-18)26(23(29)22(19)28)17-12-15(24)9-10-16(17)25/h3-12,20,27H,2H2,1H3/b21-19-. The van der Waals surface area contributed by atoms with Crippen molar-refractivity contribution in [2.45, 2.75) is 19.4 Å². The summed E-state index contributed by atoms with van der Waals surface area (Å²) in [5.74, 6) is -4.06. The number of furan rings is 1. The number of aryl methyl sites for hydroxylation is 1. The molecule has 1 N–H and O–H groups in total. The van der Waals surface area contributed by atoms with Gasteiger partial charge < -0.3 is 9.52 Å². The van der Waals surface area contributed by atoms with Gasteiger partial charge in [0.05, 0.1) is 17.5 Å². The van der Waals surface area contributed by atoms with E-state index < -0.39 is 40.8 Å². The van der Waals surface area contributed by atoms with Gasteiger partial charge in [0.25, 0.3) is 11.7 Å². The van der Waals surface area contributed by atoms with Crippen molar-refractivity contribution in [1.29, 1.82) is 0 Å². The van der Waals surface area contributed by atoms with E-state index in [0.29, 0.717) is 5.56 Å². The van der Waals surface area contributed by atoms with Crippen LogP contribution in [0, 0.1) is 11.6 Å². The lowest BCUT2D eigenvalue weighted by atomic mass is 9.98. The summed E-state index contributed by atoms with van der Waals surface area (Å²) in [7, 11) is 0. The molecular weight excluding hydrogens is 392 g/mol. The summed E-state index contributed by atoms with van der Waals surface area (Å²) < 4.78 is 33.7. The quantitative estimate of drug-likeness (QED) is 0.384. The van der Waals surface area contributed by atoms with Crippen LogP contribution in [0.3, 0.4) is 0 Å². The molecule has 1 fully saturated rings. The second kappa shape index (κ2) is 7.59. The summed E-state index contributed by atoms with van der Waals surface area (Å²) in [6.45, 7) is 1.98. The number of hydrogen-bond donors (Lipinski definition) is 1. The molecular formula is C23H17F2NO4. The van der Waals surface area contributed by atoms with Crippen LogP contribution >= 0.6 is 0 Å². The van der Waals surface area contributed by atoms with Gasteiger partial charge in [0.2, 0.25) is 0 Å². The van der Waals surface area contributed by atoms with Gasteiger partial charge in [-0.15, -0.1) is 0 Å². The van der Waals surface area contributed by atoms with Crippen LogP contribution in [0.2, 0.25) is 0 Å². The average molecular weight is 409 g/mol. The third kappa shape index (κ3) is 3.18. The zero-order valence-corrected chi connectivity index (χ0v) is 15.9. The molecule has 1 saturated heterocycles. The van der Waals surface area contributed by atoms with Crippen molar-refractivity contribution in [3.63, 3.8) is 0 Å². The van der Waals surface area contributed by atoms with Crippen molar-refractivity contribution >= 4 is 23.1 Å². The van der Waals surface area contributed by atoms with Crippen molar-refractivity contribution in [1.82, 2.24) is 0 Å². The van der Waals surface area contributed by atoms with Gasteiger partial charge >= 0.3 is 0 Å². The second-order valence-electron chi connectivity index (χ2n) is 6.83. The first-order valence-electron chi connectivity index (χ1n) is 9.31. The van der Waals surface area contributed by atoms with Gasteiger partial charge in [0.1, 0.15) is 29.2 Å². The molecule has 1 atom stereocenters. The number of carbonyl (C=O) groups is 2. The van der Waals surface area contributed by atoms with E-state index in [2.05, 4.69) is 0 Å². The molecule has 5 nitrogen and oxygen atoms in total. The largest absolute Gasteiger partial charge is 0.507 e. The summed E-state index contributed by atoms with van der Waals surface area (Å²) in [5, 5.41) is 10.9. The van der Waals surface area contributed by atoms with Crippen LogP contribution in [-0.2, 0) is 16.0 Å². The molecule has 30 heavy (non-hydrogen) atoms. The predicted molar refractivity (Wildman–Crippen MR) is 106 cm³/mol. The average Bonchev–Trinajstić information content (AvgIpc) is 3.37. The van der Waals surface area contributed by atoms with Gasteiger partial charge in [-0.05, 0) is 36.2 Å². The van der Waals surface area contributed by atoms with Crippen LogP contribution in [0.1, 0.15) is 29.9 Å². The summed E-state index contributed by atoms with van der Waals surface area (Å²) in [6, 6.07) is 11.2. The van der Waals surface area contributed by atoms with Gasteiger partial charge in [0.15, 0.2) is 0 Å². The van der Waals surface area contributed by atoms with Crippen LogP contribution < -0.4 is 4.90 Å². The minimum Gasteiger partial charge on any atom is -0.507 e. The number of Topliss-reactive ketones (excluding diaryl/α,β-unsaturated/α-hetero) is 1. The van der Waals surface area contributed by atoms with Crippen LogP contribution in [0.5, 0.6) is 0 Å². The van der Waals surface area contributed by atoms with Crippen molar-refractivity contribution in [2.75, 3.05) is 4.90 Å². The molecule has 1 aromatic heterocycles. The first-order valence-corrected chi connectivity index (χ1v) is 9.31. The zero-order valence-electron chi connectivity index (χ0n) is 15.9. The normalized spacial score (nSPS) is 18.2. The first-order chi connectivity index (χ1) is 14.4. The molecule has 0 radical (unpaired) electrons. The SMILES string of the molecule is CCc1ccc(/C(O)=C2/C(=O)C(=O)N(c3cc(F)ccc3F)C2c2ccco2)cc1. The Hall–Kier alpha value is -3.74. The third-order valence-corrected chi connectivity index (χ3v) is 5.06. The maximum Gasteiger partial charge on any atom is 0.300 e. The smallest absolute Gasteiger partial charge is 0.300 e. The lowest BCUT2D eigenvalue weighted by Gasteiger charge is -2.23. The number of hydrogen-bond acceptors (Lipinski definition) is 4. The Kier molecular flexibility index (Phi) is 4.95. The van der Waals surface area contributed by atoms with Gasteiger partial charge in [-0.2, -0.15) is 0 Å². The Bertz CT molecular complexity index is 1150. The molecule has 3 aromatic rings. The number of rotatable bonds is 4. The first kappa shape index (κ1) is 19.6. The predicted octanol–water partition coefficient (Wildman–Crippen LogP) is 4.75. The molecule has 1 amide bonds. The summed E-state index contributed by atoms with van der Waals surface area (Å²) in [6.07, 6.45) is 2.12. The highest BCUT2D eigenvalue weighted by Gasteiger charge is 2.49. The Morgan fingerprint density at radius 2 is 1.83 bits per heavy atom. The monoisotopic (exact) mass is 409 g/mol. The molecule has 0 bridgehead atoms. The molecule has 2 aromatic carbocycles. The molecule has 4 rings (SSSR count). The highest BCUT2D eigenvalue weighted by Crippen LogP contribution is 2.43. The number of ketones is 1. The van der Waals surface area contributed by atoms with Crippen LogP contribution in [-0.4, -0.2) is 16.8 Å². The fraction of sp³-hybridized carbons (Fsp3) is 0.130. The highest BCUT2D eigenvalue weighted by molar-refractivity contribution is 6.51. The van der Waals surface area contributed by atoms with E-state index in [9.17, 15) is 23.5 Å². The van der Waals surface area contributed by atoms with Crippen molar-refractivity contribution in [3.05, 3.63) is 95.0 Å². The summed E-state index contributed by atoms with van der Waals surface area (Å²) in [5.41, 5.74) is 0.666. The Balaban J connectivity index is 1.92. The number of nitrogens with zero attached hydrogens (tertiary/aromatic N) is 1. The number of carbonyl (C=O) groups excluding carboxylic acids is 2. The van der Waals surface area contributed by atoms with E-state index in [1.807, 2.05) is 6.92 Å². The molecule has 0 spiro atoms. The van der Waals surface area contributed by atoms with Crippen molar-refractivity contribution in [3.8, 4) is 0 Å². The maximum absolute atomic E-state index is 14.5. The van der Waals surface area contributed by atoms with E-state index in [0.717, 1.165) is 35.1 Å². The number of aliphatic hydroxyl groups excluding tert-OH is 1. The maximum atomic E-state index is 14.5. The molecule has 0 saturated carbocycles. The number of aliphatic hydroxyl groups is 1. The molecule has 1 aliphatic heterocycles. The lowest BCUT2D eigenvalue weighted by Crippen LogP contribution is -2.30.